The third kappa shape index (κ3) is 4.70. The van der Waals surface area contributed by atoms with E-state index in [-0.39, 0.29) is 18.3 Å². The molecule has 0 bridgehead atoms. The molecule has 0 unspecified atom stereocenters. The standard InChI is InChI=1S/C18H17BrN2O4S/c1-11-8-12(19)6-7-16(11)26-10-17(22)20-21-18(23)15-9-24-13-4-2-3-5-14(13)25-15/h2-8,15H,9-10H2,1H3,(H,20,22)(H,21,23)/t15-/m1/s1. The van der Waals surface area contributed by atoms with Gasteiger partial charge in [0.05, 0.1) is 5.75 Å². The van der Waals surface area contributed by atoms with Crippen LogP contribution < -0.4 is 20.3 Å². The van der Waals surface area contributed by atoms with Crippen LogP contribution >= 0.6 is 27.7 Å². The Morgan fingerprint density at radius 1 is 1.19 bits per heavy atom. The second-order valence-corrected chi connectivity index (χ2v) is 7.53. The Labute approximate surface area is 163 Å². The number of amides is 2. The zero-order valence-corrected chi connectivity index (χ0v) is 16.4. The SMILES string of the molecule is Cc1cc(Br)ccc1SCC(=O)NNC(=O)[C@H]1COc2ccccc2O1. The first-order valence-corrected chi connectivity index (χ1v) is 9.67. The molecule has 8 heteroatoms. The smallest absolute Gasteiger partial charge is 0.283 e. The van der Waals surface area contributed by atoms with Crippen molar-refractivity contribution in [3.63, 3.8) is 0 Å². The van der Waals surface area contributed by atoms with E-state index in [9.17, 15) is 9.59 Å². The Kier molecular flexibility index (Phi) is 6.05. The second kappa shape index (κ2) is 8.46. The van der Waals surface area contributed by atoms with E-state index in [0.29, 0.717) is 11.5 Å². The fraction of sp³-hybridized carbons (Fsp3) is 0.222. The van der Waals surface area contributed by atoms with E-state index < -0.39 is 12.0 Å². The van der Waals surface area contributed by atoms with Crippen molar-refractivity contribution in [1.82, 2.24) is 10.9 Å². The Hall–Kier alpha value is -2.19. The largest absolute Gasteiger partial charge is 0.485 e. The molecule has 0 spiro atoms. The van der Waals surface area contributed by atoms with E-state index in [1.54, 1.807) is 18.2 Å². The van der Waals surface area contributed by atoms with E-state index in [4.69, 9.17) is 9.47 Å². The number of benzene rings is 2. The third-order valence-corrected chi connectivity index (χ3v) is 5.29. The Morgan fingerprint density at radius 2 is 1.96 bits per heavy atom. The maximum atomic E-state index is 12.1. The van der Waals surface area contributed by atoms with Crippen molar-refractivity contribution in [3.05, 3.63) is 52.5 Å². The van der Waals surface area contributed by atoms with Gasteiger partial charge in [0.25, 0.3) is 5.91 Å². The summed E-state index contributed by atoms with van der Waals surface area (Å²) in [7, 11) is 0. The number of halogens is 1. The first-order valence-electron chi connectivity index (χ1n) is 7.89. The molecule has 0 radical (unpaired) electrons. The molecule has 1 aliphatic heterocycles. The molecule has 2 amide bonds. The van der Waals surface area contributed by atoms with Crippen LogP contribution in [0.3, 0.4) is 0 Å². The monoisotopic (exact) mass is 436 g/mol. The summed E-state index contributed by atoms with van der Waals surface area (Å²) < 4.78 is 12.1. The Bertz CT molecular complexity index is 831. The lowest BCUT2D eigenvalue weighted by Crippen LogP contribution is -2.51. The van der Waals surface area contributed by atoms with Crippen LogP contribution in [0.5, 0.6) is 11.5 Å². The number of ether oxygens (including phenoxy) is 2. The van der Waals surface area contributed by atoms with Crippen LogP contribution in [0.2, 0.25) is 0 Å². The number of para-hydroxylation sites is 2. The lowest BCUT2D eigenvalue weighted by molar-refractivity contribution is -0.134. The van der Waals surface area contributed by atoms with Gasteiger partial charge in [-0.2, -0.15) is 0 Å². The first kappa shape index (κ1) is 18.6. The number of hydrazine groups is 1. The highest BCUT2D eigenvalue weighted by Gasteiger charge is 2.27. The number of aryl methyl sites for hydroxylation is 1. The van der Waals surface area contributed by atoms with Crippen LogP contribution in [0.15, 0.2) is 51.8 Å². The zero-order chi connectivity index (χ0) is 18.5. The van der Waals surface area contributed by atoms with Crippen molar-refractivity contribution in [1.29, 1.82) is 0 Å². The summed E-state index contributed by atoms with van der Waals surface area (Å²) in [5, 5.41) is 0. The predicted octanol–water partition coefficient (Wildman–Crippen LogP) is 2.84. The number of carbonyl (C=O) groups excluding carboxylic acids is 2. The summed E-state index contributed by atoms with van der Waals surface area (Å²) in [6.07, 6.45) is -0.813. The normalized spacial score (nSPS) is 15.2. The van der Waals surface area contributed by atoms with Crippen molar-refractivity contribution in [3.8, 4) is 11.5 Å². The van der Waals surface area contributed by atoms with Crippen molar-refractivity contribution < 1.29 is 19.1 Å². The van der Waals surface area contributed by atoms with Gasteiger partial charge in [-0.1, -0.05) is 28.1 Å². The highest BCUT2D eigenvalue weighted by Crippen LogP contribution is 2.30. The van der Waals surface area contributed by atoms with Gasteiger partial charge in [-0.3, -0.25) is 20.4 Å². The van der Waals surface area contributed by atoms with E-state index in [2.05, 4.69) is 26.8 Å². The van der Waals surface area contributed by atoms with Crippen LogP contribution in [0.25, 0.3) is 0 Å². The van der Waals surface area contributed by atoms with Gasteiger partial charge in [0.2, 0.25) is 12.0 Å². The number of fused-ring (bicyclic) bond motifs is 1. The van der Waals surface area contributed by atoms with Crippen LogP contribution in [-0.4, -0.2) is 30.3 Å². The fourth-order valence-corrected chi connectivity index (χ4v) is 3.60. The van der Waals surface area contributed by atoms with Crippen molar-refractivity contribution in [2.24, 2.45) is 0 Å². The quantitative estimate of drug-likeness (QED) is 0.569. The average Bonchev–Trinajstić information content (AvgIpc) is 2.65. The molecule has 1 atom stereocenters. The lowest BCUT2D eigenvalue weighted by atomic mass is 10.2. The molecular weight excluding hydrogens is 420 g/mol. The molecule has 136 valence electrons. The maximum Gasteiger partial charge on any atom is 0.283 e. The molecule has 2 aromatic carbocycles. The number of hydrogen-bond acceptors (Lipinski definition) is 5. The summed E-state index contributed by atoms with van der Waals surface area (Å²) in [4.78, 5) is 25.1. The summed E-state index contributed by atoms with van der Waals surface area (Å²) in [6.45, 7) is 2.07. The Morgan fingerprint density at radius 3 is 2.73 bits per heavy atom. The number of rotatable bonds is 4. The Balaban J connectivity index is 1.45. The van der Waals surface area contributed by atoms with Gasteiger partial charge >= 0.3 is 0 Å². The van der Waals surface area contributed by atoms with Gasteiger partial charge in [0.15, 0.2) is 11.5 Å². The molecule has 0 aliphatic carbocycles. The molecule has 0 saturated heterocycles. The number of hydrogen-bond donors (Lipinski definition) is 2. The van der Waals surface area contributed by atoms with Crippen LogP contribution in [0.4, 0.5) is 0 Å². The van der Waals surface area contributed by atoms with Gasteiger partial charge < -0.3 is 9.47 Å². The number of thioether (sulfide) groups is 1. The van der Waals surface area contributed by atoms with Gasteiger partial charge in [0.1, 0.15) is 6.61 Å². The molecule has 0 aromatic heterocycles. The van der Waals surface area contributed by atoms with Crippen molar-refractivity contribution >= 4 is 39.5 Å². The van der Waals surface area contributed by atoms with Crippen molar-refractivity contribution in [2.45, 2.75) is 17.9 Å². The topological polar surface area (TPSA) is 76.7 Å². The van der Waals surface area contributed by atoms with E-state index in [1.807, 2.05) is 31.2 Å². The second-order valence-electron chi connectivity index (χ2n) is 5.60. The molecule has 0 fully saturated rings. The van der Waals surface area contributed by atoms with E-state index in [1.165, 1.54) is 11.8 Å². The highest BCUT2D eigenvalue weighted by atomic mass is 79.9. The predicted molar refractivity (Wildman–Crippen MR) is 102 cm³/mol. The zero-order valence-electron chi connectivity index (χ0n) is 14.0. The summed E-state index contributed by atoms with van der Waals surface area (Å²) >= 11 is 4.81. The minimum atomic E-state index is -0.813. The van der Waals surface area contributed by atoms with Crippen molar-refractivity contribution in [2.75, 3.05) is 12.4 Å². The van der Waals surface area contributed by atoms with Gasteiger partial charge in [-0.05, 0) is 42.8 Å². The lowest BCUT2D eigenvalue weighted by Gasteiger charge is -2.25. The third-order valence-electron chi connectivity index (χ3n) is 3.62. The maximum absolute atomic E-state index is 12.1. The molecule has 2 N–H and O–H groups in total. The summed E-state index contributed by atoms with van der Waals surface area (Å²) in [6, 6.07) is 13.0. The van der Waals surface area contributed by atoms with Gasteiger partial charge in [-0.15, -0.1) is 11.8 Å². The summed E-state index contributed by atoms with van der Waals surface area (Å²) in [5.74, 6) is 0.530. The molecule has 6 nitrogen and oxygen atoms in total. The minimum Gasteiger partial charge on any atom is -0.485 e. The first-order chi connectivity index (χ1) is 12.5. The van der Waals surface area contributed by atoms with Gasteiger partial charge in [0, 0.05) is 9.37 Å². The molecule has 3 rings (SSSR count). The molecule has 2 aromatic rings. The number of nitrogens with one attached hydrogen (secondary N) is 2. The minimum absolute atomic E-state index is 0.0888. The van der Waals surface area contributed by atoms with Crippen LogP contribution in [0.1, 0.15) is 5.56 Å². The molecule has 1 aliphatic rings. The molecule has 26 heavy (non-hydrogen) atoms. The molecule has 0 saturated carbocycles. The average molecular weight is 437 g/mol. The fourth-order valence-electron chi connectivity index (χ4n) is 2.31. The molecule has 1 heterocycles. The van der Waals surface area contributed by atoms with E-state index >= 15 is 0 Å². The number of carbonyl (C=O) groups is 2. The van der Waals surface area contributed by atoms with Gasteiger partial charge in [-0.25, -0.2) is 0 Å². The van der Waals surface area contributed by atoms with E-state index in [0.717, 1.165) is 14.9 Å². The van der Waals surface area contributed by atoms with Crippen LogP contribution in [-0.2, 0) is 9.59 Å². The summed E-state index contributed by atoms with van der Waals surface area (Å²) in [5.41, 5.74) is 5.86. The highest BCUT2D eigenvalue weighted by molar-refractivity contribution is 9.10. The molecular formula is C18H17BrN2O4S. The van der Waals surface area contributed by atoms with Crippen LogP contribution in [0, 0.1) is 6.92 Å².